The van der Waals surface area contributed by atoms with Gasteiger partial charge in [-0.1, -0.05) is 30.3 Å². The molecule has 0 aliphatic heterocycles. The van der Waals surface area contributed by atoms with Gasteiger partial charge in [-0.3, -0.25) is 0 Å². The molecule has 0 saturated heterocycles. The molecule has 17 heavy (non-hydrogen) atoms. The van der Waals surface area contributed by atoms with Crippen molar-refractivity contribution in [3.05, 3.63) is 54.6 Å². The van der Waals surface area contributed by atoms with Gasteiger partial charge in [0.2, 0.25) is 0 Å². The van der Waals surface area contributed by atoms with E-state index < -0.39 is 10.8 Å². The first-order chi connectivity index (χ1) is 8.20. The molecule has 0 aliphatic rings. The van der Waals surface area contributed by atoms with Crippen molar-refractivity contribution in [2.45, 2.75) is 9.79 Å². The van der Waals surface area contributed by atoms with Crippen LogP contribution in [0.3, 0.4) is 0 Å². The highest BCUT2D eigenvalue weighted by Crippen LogP contribution is 2.25. The van der Waals surface area contributed by atoms with E-state index in [0.717, 1.165) is 15.5 Å². The maximum Gasteiger partial charge on any atom is 0.0870 e. The molecule has 1 atom stereocenters. The highest BCUT2D eigenvalue weighted by Gasteiger charge is 2.12. The van der Waals surface area contributed by atoms with Crippen LogP contribution in [0.15, 0.2) is 64.4 Å². The minimum absolute atomic E-state index is 0.835. The Morgan fingerprint density at radius 1 is 0.882 bits per heavy atom. The van der Waals surface area contributed by atoms with Crippen LogP contribution in [0, 0.1) is 0 Å². The van der Waals surface area contributed by atoms with Crippen LogP contribution < -0.4 is 4.90 Å². The van der Waals surface area contributed by atoms with Gasteiger partial charge in [0.05, 0.1) is 21.4 Å². The summed E-state index contributed by atoms with van der Waals surface area (Å²) in [6.07, 6.45) is 0. The zero-order chi connectivity index (χ0) is 12.3. The van der Waals surface area contributed by atoms with Gasteiger partial charge in [-0.25, -0.2) is 4.21 Å². The molecule has 0 bridgehead atoms. The van der Waals surface area contributed by atoms with E-state index in [1.807, 2.05) is 73.6 Å². The number of para-hydroxylation sites is 1. The molecule has 2 aromatic rings. The van der Waals surface area contributed by atoms with Crippen LogP contribution in [0.25, 0.3) is 0 Å². The first kappa shape index (κ1) is 11.9. The Morgan fingerprint density at radius 3 is 2.12 bits per heavy atom. The van der Waals surface area contributed by atoms with Crippen molar-refractivity contribution >= 4 is 16.5 Å². The van der Waals surface area contributed by atoms with Gasteiger partial charge < -0.3 is 4.90 Å². The molecule has 2 aromatic carbocycles. The van der Waals surface area contributed by atoms with E-state index in [0.29, 0.717) is 0 Å². The molecular formula is C14H15NOS. The average Bonchev–Trinajstić information content (AvgIpc) is 2.39. The van der Waals surface area contributed by atoms with Crippen molar-refractivity contribution in [1.29, 1.82) is 0 Å². The number of nitrogens with zero attached hydrogens (tertiary/aromatic N) is 1. The lowest BCUT2D eigenvalue weighted by Gasteiger charge is -2.16. The van der Waals surface area contributed by atoms with E-state index in [1.165, 1.54) is 0 Å². The van der Waals surface area contributed by atoms with Gasteiger partial charge in [-0.15, -0.1) is 0 Å². The van der Waals surface area contributed by atoms with Gasteiger partial charge in [0.1, 0.15) is 0 Å². The van der Waals surface area contributed by atoms with Crippen LogP contribution in [-0.2, 0) is 10.8 Å². The van der Waals surface area contributed by atoms with Gasteiger partial charge in [0.25, 0.3) is 0 Å². The van der Waals surface area contributed by atoms with Crippen LogP contribution in [0.4, 0.5) is 5.69 Å². The number of hydrogen-bond acceptors (Lipinski definition) is 2. The summed E-state index contributed by atoms with van der Waals surface area (Å²) in [4.78, 5) is 3.67. The van der Waals surface area contributed by atoms with E-state index in [2.05, 4.69) is 0 Å². The predicted molar refractivity (Wildman–Crippen MR) is 71.9 cm³/mol. The van der Waals surface area contributed by atoms with Gasteiger partial charge >= 0.3 is 0 Å². The predicted octanol–water partition coefficient (Wildman–Crippen LogP) is 2.92. The van der Waals surface area contributed by atoms with Crippen molar-refractivity contribution in [2.75, 3.05) is 19.0 Å². The van der Waals surface area contributed by atoms with Crippen molar-refractivity contribution in [3.8, 4) is 0 Å². The second-order valence-electron chi connectivity index (χ2n) is 3.94. The van der Waals surface area contributed by atoms with Crippen LogP contribution in [-0.4, -0.2) is 18.3 Å². The summed E-state index contributed by atoms with van der Waals surface area (Å²) in [5.41, 5.74) is 0.995. The van der Waals surface area contributed by atoms with E-state index >= 15 is 0 Å². The van der Waals surface area contributed by atoms with Crippen LogP contribution in [0.2, 0.25) is 0 Å². The molecule has 3 heteroatoms. The van der Waals surface area contributed by atoms with E-state index in [4.69, 9.17) is 0 Å². The summed E-state index contributed by atoms with van der Waals surface area (Å²) < 4.78 is 12.5. The highest BCUT2D eigenvalue weighted by molar-refractivity contribution is 7.85. The van der Waals surface area contributed by atoms with Crippen molar-refractivity contribution in [3.63, 3.8) is 0 Å². The summed E-state index contributed by atoms with van der Waals surface area (Å²) >= 11 is 0. The van der Waals surface area contributed by atoms with Gasteiger partial charge in [-0.05, 0) is 24.3 Å². The minimum atomic E-state index is -1.12. The van der Waals surface area contributed by atoms with Crippen molar-refractivity contribution in [2.24, 2.45) is 0 Å². The second kappa shape index (κ2) is 5.15. The van der Waals surface area contributed by atoms with Crippen molar-refractivity contribution in [1.82, 2.24) is 0 Å². The van der Waals surface area contributed by atoms with Crippen LogP contribution >= 0.6 is 0 Å². The van der Waals surface area contributed by atoms with E-state index in [-0.39, 0.29) is 0 Å². The molecule has 2 nitrogen and oxygen atoms in total. The van der Waals surface area contributed by atoms with E-state index in [9.17, 15) is 4.21 Å². The molecule has 0 radical (unpaired) electrons. The summed E-state index contributed by atoms with van der Waals surface area (Å²) in [5, 5.41) is 0. The van der Waals surface area contributed by atoms with E-state index in [1.54, 1.807) is 0 Å². The fourth-order valence-electron chi connectivity index (χ4n) is 1.65. The van der Waals surface area contributed by atoms with Gasteiger partial charge in [0, 0.05) is 19.0 Å². The lowest BCUT2D eigenvalue weighted by atomic mass is 10.3. The minimum Gasteiger partial charge on any atom is -0.377 e. The Balaban J connectivity index is 2.45. The summed E-state index contributed by atoms with van der Waals surface area (Å²) in [7, 11) is 2.80. The lowest BCUT2D eigenvalue weighted by molar-refractivity contribution is 0.683. The number of rotatable bonds is 3. The summed E-state index contributed by atoms with van der Waals surface area (Å²) in [6, 6.07) is 17.3. The third-order valence-corrected chi connectivity index (χ3v) is 3.95. The quantitative estimate of drug-likeness (QED) is 0.828. The largest absolute Gasteiger partial charge is 0.377 e. The third kappa shape index (κ3) is 2.56. The molecule has 88 valence electrons. The molecule has 0 spiro atoms. The Kier molecular flexibility index (Phi) is 3.59. The third-order valence-electron chi connectivity index (χ3n) is 2.50. The molecule has 2 rings (SSSR count). The zero-order valence-electron chi connectivity index (χ0n) is 9.96. The molecule has 0 saturated carbocycles. The molecule has 0 heterocycles. The summed E-state index contributed by atoms with van der Waals surface area (Å²) in [5.74, 6) is 0. The topological polar surface area (TPSA) is 20.3 Å². The lowest BCUT2D eigenvalue weighted by Crippen LogP contribution is -2.11. The monoisotopic (exact) mass is 245 g/mol. The number of hydrogen-bond donors (Lipinski definition) is 0. The Morgan fingerprint density at radius 2 is 1.47 bits per heavy atom. The molecule has 1 unspecified atom stereocenters. The molecular weight excluding hydrogens is 230 g/mol. The van der Waals surface area contributed by atoms with Crippen molar-refractivity contribution < 1.29 is 4.21 Å². The molecule has 0 fully saturated rings. The Hall–Kier alpha value is -1.61. The number of anilines is 1. The first-order valence-corrected chi connectivity index (χ1v) is 6.58. The smallest absolute Gasteiger partial charge is 0.0870 e. The maximum atomic E-state index is 12.5. The first-order valence-electron chi connectivity index (χ1n) is 5.43. The maximum absolute atomic E-state index is 12.5. The summed E-state index contributed by atoms with van der Waals surface area (Å²) in [6.45, 7) is 0. The van der Waals surface area contributed by atoms with Crippen LogP contribution in [0.5, 0.6) is 0 Å². The standard InChI is InChI=1S/C14H15NOS/c1-15(2)13-10-6-7-11-14(13)17(16)12-8-4-3-5-9-12/h3-11H,1-2H3. The van der Waals surface area contributed by atoms with Gasteiger partial charge in [-0.2, -0.15) is 0 Å². The molecule has 0 aliphatic carbocycles. The zero-order valence-corrected chi connectivity index (χ0v) is 10.8. The van der Waals surface area contributed by atoms with Gasteiger partial charge in [0.15, 0.2) is 0 Å². The average molecular weight is 245 g/mol. The number of benzene rings is 2. The fourth-order valence-corrected chi connectivity index (χ4v) is 2.96. The normalized spacial score (nSPS) is 12.1. The second-order valence-corrected chi connectivity index (χ2v) is 5.39. The van der Waals surface area contributed by atoms with Crippen LogP contribution in [0.1, 0.15) is 0 Å². The molecule has 0 N–H and O–H groups in total. The Bertz CT molecular complexity index is 523. The highest BCUT2D eigenvalue weighted by atomic mass is 32.2. The molecule has 0 aromatic heterocycles. The SMILES string of the molecule is CN(C)c1ccccc1S(=O)c1ccccc1. The fraction of sp³-hybridized carbons (Fsp3) is 0.143. The molecule has 0 amide bonds. The Labute approximate surface area is 104 Å².